The summed E-state index contributed by atoms with van der Waals surface area (Å²) in [6.45, 7) is 0.0628. The fourth-order valence-electron chi connectivity index (χ4n) is 3.72. The van der Waals surface area contributed by atoms with Crippen LogP contribution in [0.2, 0.25) is 0 Å². The molecule has 2 aliphatic heterocycles. The first-order valence-electron chi connectivity index (χ1n) is 9.44. The first-order chi connectivity index (χ1) is 13.9. The Bertz CT molecular complexity index is 976. The summed E-state index contributed by atoms with van der Waals surface area (Å²) in [6, 6.07) is 11.7. The summed E-state index contributed by atoms with van der Waals surface area (Å²) in [5.74, 6) is 0.611. The molecule has 156 valence electrons. The molecule has 0 radical (unpaired) electrons. The Hall–Kier alpha value is -2.23. The molecule has 1 saturated heterocycles. The Kier molecular flexibility index (Phi) is 5.71. The van der Waals surface area contributed by atoms with E-state index in [0.29, 0.717) is 32.8 Å². The molecule has 2 aliphatic rings. The highest BCUT2D eigenvalue weighted by Gasteiger charge is 2.31. The van der Waals surface area contributed by atoms with Crippen molar-refractivity contribution in [3.05, 3.63) is 53.6 Å². The molecule has 9 heteroatoms. The van der Waals surface area contributed by atoms with E-state index in [2.05, 4.69) is 15.7 Å². The quantitative estimate of drug-likeness (QED) is 0.714. The van der Waals surface area contributed by atoms with Gasteiger partial charge in [-0.25, -0.2) is 8.42 Å². The fraction of sp³-hybridized carbons (Fsp3) is 0.400. The minimum Gasteiger partial charge on any atom is -0.493 e. The zero-order valence-corrected chi connectivity index (χ0v) is 16.6. The molecule has 0 saturated carbocycles. The van der Waals surface area contributed by atoms with E-state index >= 15 is 0 Å². The number of ether oxygens (including phenoxy) is 2. The molecule has 29 heavy (non-hydrogen) atoms. The maximum Gasteiger partial charge on any atom is 0.387 e. The topological polar surface area (TPSA) is 59.1 Å². The molecule has 2 heterocycles. The first kappa shape index (κ1) is 20.1. The minimum atomic E-state index is -3.91. The Morgan fingerprint density at radius 1 is 1.07 bits per heavy atom. The van der Waals surface area contributed by atoms with Crippen LogP contribution in [0.5, 0.6) is 11.5 Å². The number of rotatable bonds is 6. The highest BCUT2D eigenvalue weighted by Crippen LogP contribution is 2.29. The maximum absolute atomic E-state index is 13.0. The van der Waals surface area contributed by atoms with Crippen LogP contribution >= 0.6 is 0 Å². The van der Waals surface area contributed by atoms with Crippen molar-refractivity contribution in [1.82, 2.24) is 9.21 Å². The van der Waals surface area contributed by atoms with Gasteiger partial charge in [0, 0.05) is 39.1 Å². The zero-order chi connectivity index (χ0) is 20.4. The van der Waals surface area contributed by atoms with E-state index in [0.717, 1.165) is 18.7 Å². The number of halogens is 2. The lowest BCUT2D eigenvalue weighted by Gasteiger charge is -2.34. The number of nitrogens with zero attached hydrogens (tertiary/aromatic N) is 2. The van der Waals surface area contributed by atoms with Crippen LogP contribution in [0.25, 0.3) is 0 Å². The smallest absolute Gasteiger partial charge is 0.387 e. The van der Waals surface area contributed by atoms with Gasteiger partial charge in [-0.15, -0.1) is 0 Å². The van der Waals surface area contributed by atoms with E-state index in [-0.39, 0.29) is 10.6 Å². The number of fused-ring (bicyclic) bond motifs is 1. The molecule has 4 rings (SSSR count). The van der Waals surface area contributed by atoms with E-state index in [1.165, 1.54) is 39.7 Å². The molecule has 0 aliphatic carbocycles. The van der Waals surface area contributed by atoms with Gasteiger partial charge in [-0.3, -0.25) is 4.90 Å². The van der Waals surface area contributed by atoms with Crippen molar-refractivity contribution < 1.29 is 26.7 Å². The molecular weight excluding hydrogens is 402 g/mol. The van der Waals surface area contributed by atoms with Crippen LogP contribution in [0.3, 0.4) is 0 Å². The number of alkyl halides is 2. The Morgan fingerprint density at radius 2 is 1.83 bits per heavy atom. The lowest BCUT2D eigenvalue weighted by Crippen LogP contribution is -2.48. The van der Waals surface area contributed by atoms with Crippen molar-refractivity contribution in [3.63, 3.8) is 0 Å². The first-order valence-corrected chi connectivity index (χ1v) is 10.9. The average molecular weight is 424 g/mol. The maximum atomic E-state index is 13.0. The summed E-state index contributed by atoms with van der Waals surface area (Å²) >= 11 is 0. The molecule has 0 amide bonds. The molecule has 0 atom stereocenters. The van der Waals surface area contributed by atoms with Crippen LogP contribution in [0.15, 0.2) is 47.4 Å². The third-order valence-electron chi connectivity index (χ3n) is 5.17. The molecule has 0 spiro atoms. The molecule has 0 bridgehead atoms. The van der Waals surface area contributed by atoms with Crippen molar-refractivity contribution in [3.8, 4) is 11.5 Å². The highest BCUT2D eigenvalue weighted by atomic mass is 32.2. The second kappa shape index (κ2) is 8.25. The van der Waals surface area contributed by atoms with Gasteiger partial charge in [0.1, 0.15) is 16.4 Å². The predicted octanol–water partition coefficient (Wildman–Crippen LogP) is 2.73. The summed E-state index contributed by atoms with van der Waals surface area (Å²) < 4.78 is 62.4. The monoisotopic (exact) mass is 424 g/mol. The largest absolute Gasteiger partial charge is 0.493 e. The molecule has 0 aromatic heterocycles. The van der Waals surface area contributed by atoms with Gasteiger partial charge < -0.3 is 9.47 Å². The predicted molar refractivity (Wildman–Crippen MR) is 103 cm³/mol. The Labute approximate surface area is 168 Å². The van der Waals surface area contributed by atoms with Gasteiger partial charge in [0.25, 0.3) is 0 Å². The van der Waals surface area contributed by atoms with Crippen molar-refractivity contribution in [1.29, 1.82) is 0 Å². The van der Waals surface area contributed by atoms with Gasteiger partial charge in [-0.2, -0.15) is 13.1 Å². The van der Waals surface area contributed by atoms with E-state index in [9.17, 15) is 17.2 Å². The number of benzene rings is 2. The lowest BCUT2D eigenvalue weighted by atomic mass is 10.1. The number of hydrogen-bond donors (Lipinski definition) is 0. The van der Waals surface area contributed by atoms with Gasteiger partial charge in [-0.05, 0) is 29.3 Å². The third-order valence-corrected chi connectivity index (χ3v) is 7.11. The second-order valence-electron chi connectivity index (χ2n) is 7.05. The van der Waals surface area contributed by atoms with Crippen LogP contribution in [0.4, 0.5) is 8.78 Å². The molecule has 0 unspecified atom stereocenters. The normalized spacial score (nSPS) is 17.9. The van der Waals surface area contributed by atoms with Crippen molar-refractivity contribution in [2.75, 3.05) is 32.8 Å². The van der Waals surface area contributed by atoms with E-state index < -0.39 is 16.6 Å². The van der Waals surface area contributed by atoms with Crippen molar-refractivity contribution in [2.24, 2.45) is 0 Å². The molecule has 2 aromatic carbocycles. The number of para-hydroxylation sites is 1. The molecular formula is C20H22F2N2O4S. The summed E-state index contributed by atoms with van der Waals surface area (Å²) in [6.07, 6.45) is 0.912. The molecule has 1 fully saturated rings. The van der Waals surface area contributed by atoms with E-state index in [1.807, 2.05) is 12.1 Å². The minimum absolute atomic E-state index is 0.229. The van der Waals surface area contributed by atoms with E-state index in [1.54, 1.807) is 0 Å². The summed E-state index contributed by atoms with van der Waals surface area (Å²) in [7, 11) is -3.91. The fourth-order valence-corrected chi connectivity index (χ4v) is 5.26. The number of hydrogen-bond acceptors (Lipinski definition) is 5. The van der Waals surface area contributed by atoms with Crippen molar-refractivity contribution in [2.45, 2.75) is 24.5 Å². The molecule has 2 aromatic rings. The summed E-state index contributed by atoms with van der Waals surface area (Å²) in [5.41, 5.74) is 2.38. The van der Waals surface area contributed by atoms with Crippen LogP contribution < -0.4 is 9.47 Å². The average Bonchev–Trinajstić information content (AvgIpc) is 3.16. The highest BCUT2D eigenvalue weighted by molar-refractivity contribution is 7.89. The lowest BCUT2D eigenvalue weighted by molar-refractivity contribution is -0.0518. The Morgan fingerprint density at radius 3 is 2.59 bits per heavy atom. The SMILES string of the molecule is O=S(=O)(c1ccccc1OC(F)F)N1CCN(Cc2ccc3c(c2)CCO3)CC1. The van der Waals surface area contributed by atoms with Gasteiger partial charge in [0.15, 0.2) is 0 Å². The zero-order valence-electron chi connectivity index (χ0n) is 15.8. The molecule has 0 N–H and O–H groups in total. The number of piperazine rings is 1. The summed E-state index contributed by atoms with van der Waals surface area (Å²) in [5, 5.41) is 0. The van der Waals surface area contributed by atoms with Crippen LogP contribution in [-0.2, 0) is 23.0 Å². The van der Waals surface area contributed by atoms with Crippen LogP contribution in [-0.4, -0.2) is 57.0 Å². The van der Waals surface area contributed by atoms with Gasteiger partial charge in [0.05, 0.1) is 6.61 Å². The van der Waals surface area contributed by atoms with Crippen LogP contribution in [0.1, 0.15) is 11.1 Å². The summed E-state index contributed by atoms with van der Waals surface area (Å²) in [4.78, 5) is 1.96. The second-order valence-corrected chi connectivity index (χ2v) is 8.95. The molecule has 6 nitrogen and oxygen atoms in total. The van der Waals surface area contributed by atoms with Crippen molar-refractivity contribution >= 4 is 10.0 Å². The Balaban J connectivity index is 1.41. The third kappa shape index (κ3) is 4.36. The standard InChI is InChI=1S/C20H22F2N2O4S/c21-20(22)28-18-3-1-2-4-19(18)29(25,26)24-10-8-23(9-11-24)14-15-5-6-17-16(13-15)7-12-27-17/h1-6,13,20H,7-12,14H2. The van der Waals surface area contributed by atoms with E-state index in [4.69, 9.17) is 4.74 Å². The van der Waals surface area contributed by atoms with Gasteiger partial charge >= 0.3 is 6.61 Å². The van der Waals surface area contributed by atoms with Crippen LogP contribution in [0, 0.1) is 0 Å². The number of sulfonamides is 1. The van der Waals surface area contributed by atoms with Gasteiger partial charge in [-0.1, -0.05) is 24.3 Å². The van der Waals surface area contributed by atoms with Gasteiger partial charge in [0.2, 0.25) is 10.0 Å².